The van der Waals surface area contributed by atoms with Gasteiger partial charge in [0.25, 0.3) is 5.91 Å². The number of fused-ring (bicyclic) bond motifs is 1. The van der Waals surface area contributed by atoms with Crippen molar-refractivity contribution >= 4 is 38.3 Å². The molecule has 1 saturated carbocycles. The van der Waals surface area contributed by atoms with Crippen molar-refractivity contribution in [1.82, 2.24) is 4.98 Å². The van der Waals surface area contributed by atoms with Gasteiger partial charge in [-0.25, -0.2) is 4.98 Å². The third-order valence-electron chi connectivity index (χ3n) is 3.61. The Bertz CT molecular complexity index is 700. The highest BCUT2D eigenvalue weighted by Gasteiger charge is 2.10. The Kier molecular flexibility index (Phi) is 4.68. The molecule has 1 fully saturated rings. The molecule has 1 aromatic heterocycles. The van der Waals surface area contributed by atoms with Gasteiger partial charge >= 0.3 is 0 Å². The Morgan fingerprint density at radius 2 is 2.18 bits per heavy atom. The first-order valence-electron chi connectivity index (χ1n) is 7.55. The van der Waals surface area contributed by atoms with Crippen LogP contribution < -0.4 is 5.32 Å². The number of aromatic nitrogens is 1. The fourth-order valence-corrected chi connectivity index (χ4v) is 3.45. The number of nitrogens with zero attached hydrogens (tertiary/aromatic N) is 2. The standard InChI is InChI=1S/C16H19N3O2S/c1-11-7-8-13-14(9-11)22-16(17-13)18-15(20)10-21-19-12-5-3-2-4-6-12/h7-9H,2-6,10H2,1H3,(H,17,18,20). The third-order valence-corrected chi connectivity index (χ3v) is 4.54. The number of anilines is 1. The van der Waals surface area contributed by atoms with Gasteiger partial charge in [-0.3, -0.25) is 10.1 Å². The second-order valence-electron chi connectivity index (χ2n) is 5.53. The summed E-state index contributed by atoms with van der Waals surface area (Å²) in [5, 5.41) is 7.42. The minimum absolute atomic E-state index is 0.0710. The highest BCUT2D eigenvalue weighted by atomic mass is 32.1. The molecule has 1 N–H and O–H groups in total. The van der Waals surface area contributed by atoms with Gasteiger partial charge in [-0.1, -0.05) is 29.0 Å². The zero-order valence-corrected chi connectivity index (χ0v) is 13.4. The van der Waals surface area contributed by atoms with E-state index in [2.05, 4.69) is 21.5 Å². The molecule has 0 aliphatic heterocycles. The average molecular weight is 317 g/mol. The van der Waals surface area contributed by atoms with Crippen LogP contribution in [0, 0.1) is 6.92 Å². The van der Waals surface area contributed by atoms with Crippen LogP contribution in [0.25, 0.3) is 10.2 Å². The third kappa shape index (κ3) is 3.82. The van der Waals surface area contributed by atoms with Crippen molar-refractivity contribution in [2.45, 2.75) is 39.0 Å². The second kappa shape index (κ2) is 6.87. The van der Waals surface area contributed by atoms with Gasteiger partial charge in [-0.05, 0) is 50.3 Å². The van der Waals surface area contributed by atoms with Crippen molar-refractivity contribution in [3.8, 4) is 0 Å². The first-order valence-corrected chi connectivity index (χ1v) is 8.37. The van der Waals surface area contributed by atoms with Crippen molar-refractivity contribution in [3.05, 3.63) is 23.8 Å². The van der Waals surface area contributed by atoms with Crippen molar-refractivity contribution in [1.29, 1.82) is 0 Å². The molecule has 0 spiro atoms. The molecule has 0 unspecified atom stereocenters. The number of carbonyl (C=O) groups excluding carboxylic acids is 1. The molecular weight excluding hydrogens is 298 g/mol. The molecule has 0 atom stereocenters. The first kappa shape index (κ1) is 15.0. The van der Waals surface area contributed by atoms with E-state index in [1.165, 1.54) is 36.2 Å². The summed E-state index contributed by atoms with van der Waals surface area (Å²) in [7, 11) is 0. The number of benzene rings is 1. The second-order valence-corrected chi connectivity index (χ2v) is 6.56. The maximum absolute atomic E-state index is 11.9. The van der Waals surface area contributed by atoms with E-state index in [0.717, 1.165) is 28.8 Å². The molecule has 6 heteroatoms. The number of oxime groups is 1. The van der Waals surface area contributed by atoms with E-state index < -0.39 is 0 Å². The molecular formula is C16H19N3O2S. The smallest absolute Gasteiger partial charge is 0.266 e. The van der Waals surface area contributed by atoms with Gasteiger partial charge in [0.15, 0.2) is 11.7 Å². The number of hydrogen-bond acceptors (Lipinski definition) is 5. The summed E-state index contributed by atoms with van der Waals surface area (Å²) in [5.41, 5.74) is 3.14. The number of amides is 1. The van der Waals surface area contributed by atoms with Crippen LogP contribution in [-0.2, 0) is 9.63 Å². The minimum Gasteiger partial charge on any atom is -0.386 e. The summed E-state index contributed by atoms with van der Waals surface area (Å²) in [6.45, 7) is 1.97. The van der Waals surface area contributed by atoms with Crippen LogP contribution in [0.5, 0.6) is 0 Å². The van der Waals surface area contributed by atoms with Crippen LogP contribution >= 0.6 is 11.3 Å². The Morgan fingerprint density at radius 1 is 1.36 bits per heavy atom. The Labute approximate surface area is 133 Å². The van der Waals surface area contributed by atoms with Gasteiger partial charge in [0.05, 0.1) is 15.9 Å². The largest absolute Gasteiger partial charge is 0.386 e. The van der Waals surface area contributed by atoms with Crippen LogP contribution in [0.2, 0.25) is 0 Å². The highest BCUT2D eigenvalue weighted by molar-refractivity contribution is 7.22. The number of rotatable bonds is 4. The molecule has 1 heterocycles. The lowest BCUT2D eigenvalue weighted by atomic mass is 9.99. The predicted octanol–water partition coefficient (Wildman–Crippen LogP) is 3.88. The van der Waals surface area contributed by atoms with Crippen molar-refractivity contribution in [2.75, 3.05) is 11.9 Å². The summed E-state index contributed by atoms with van der Waals surface area (Å²) in [6, 6.07) is 6.04. The zero-order chi connectivity index (χ0) is 15.4. The van der Waals surface area contributed by atoms with Crippen LogP contribution in [0.4, 0.5) is 5.13 Å². The molecule has 1 aliphatic rings. The van der Waals surface area contributed by atoms with E-state index in [9.17, 15) is 4.79 Å². The van der Waals surface area contributed by atoms with Gasteiger partial charge in [0.2, 0.25) is 0 Å². The Balaban J connectivity index is 1.54. The molecule has 5 nitrogen and oxygen atoms in total. The maximum Gasteiger partial charge on any atom is 0.266 e. The number of aryl methyl sites for hydroxylation is 1. The normalized spacial score (nSPS) is 14.9. The summed E-state index contributed by atoms with van der Waals surface area (Å²) < 4.78 is 1.07. The molecule has 0 radical (unpaired) electrons. The van der Waals surface area contributed by atoms with E-state index in [4.69, 9.17) is 4.84 Å². The average Bonchev–Trinajstić information content (AvgIpc) is 2.89. The SMILES string of the molecule is Cc1ccc2nc(NC(=O)CON=C3CCCCC3)sc2c1. The van der Waals surface area contributed by atoms with E-state index in [1.807, 2.05) is 19.1 Å². The molecule has 1 aliphatic carbocycles. The van der Waals surface area contributed by atoms with E-state index in [-0.39, 0.29) is 12.5 Å². The molecule has 1 aromatic carbocycles. The summed E-state index contributed by atoms with van der Waals surface area (Å²) in [6.07, 6.45) is 5.56. The first-order chi connectivity index (χ1) is 10.7. The van der Waals surface area contributed by atoms with Crippen LogP contribution in [0.15, 0.2) is 23.4 Å². The molecule has 3 rings (SSSR count). The number of hydrogen-bond donors (Lipinski definition) is 1. The lowest BCUT2D eigenvalue weighted by molar-refractivity contribution is -0.120. The Hall–Kier alpha value is -1.95. The molecule has 0 saturated heterocycles. The van der Waals surface area contributed by atoms with E-state index in [0.29, 0.717) is 5.13 Å². The molecule has 2 aromatic rings. The van der Waals surface area contributed by atoms with Crippen LogP contribution in [0.3, 0.4) is 0 Å². The summed E-state index contributed by atoms with van der Waals surface area (Å²) in [4.78, 5) is 21.4. The van der Waals surface area contributed by atoms with Crippen molar-refractivity contribution < 1.29 is 9.63 Å². The molecule has 116 valence electrons. The highest BCUT2D eigenvalue weighted by Crippen LogP contribution is 2.26. The fraction of sp³-hybridized carbons (Fsp3) is 0.438. The van der Waals surface area contributed by atoms with Crippen LogP contribution in [-0.4, -0.2) is 23.2 Å². The van der Waals surface area contributed by atoms with Gasteiger partial charge in [-0.15, -0.1) is 0 Å². The summed E-state index contributed by atoms with van der Waals surface area (Å²) in [5.74, 6) is -0.226. The number of thiazole rings is 1. The number of carbonyl (C=O) groups is 1. The molecule has 1 amide bonds. The van der Waals surface area contributed by atoms with Gasteiger partial charge < -0.3 is 4.84 Å². The quantitative estimate of drug-likeness (QED) is 0.870. The van der Waals surface area contributed by atoms with Crippen molar-refractivity contribution in [2.24, 2.45) is 5.16 Å². The van der Waals surface area contributed by atoms with E-state index >= 15 is 0 Å². The van der Waals surface area contributed by atoms with Crippen molar-refractivity contribution in [3.63, 3.8) is 0 Å². The lowest BCUT2D eigenvalue weighted by Crippen LogP contribution is -2.17. The topological polar surface area (TPSA) is 63.6 Å². The number of nitrogens with one attached hydrogen (secondary N) is 1. The maximum atomic E-state index is 11.9. The lowest BCUT2D eigenvalue weighted by Gasteiger charge is -2.11. The predicted molar refractivity (Wildman–Crippen MR) is 89.5 cm³/mol. The Morgan fingerprint density at radius 3 is 3.00 bits per heavy atom. The van der Waals surface area contributed by atoms with Gasteiger partial charge in [-0.2, -0.15) is 0 Å². The summed E-state index contributed by atoms with van der Waals surface area (Å²) >= 11 is 1.47. The molecule has 0 bridgehead atoms. The van der Waals surface area contributed by atoms with Gasteiger partial charge in [0.1, 0.15) is 0 Å². The fourth-order valence-electron chi connectivity index (χ4n) is 2.47. The monoisotopic (exact) mass is 317 g/mol. The van der Waals surface area contributed by atoms with E-state index in [1.54, 1.807) is 0 Å². The van der Waals surface area contributed by atoms with Gasteiger partial charge in [0, 0.05) is 0 Å². The minimum atomic E-state index is -0.226. The zero-order valence-electron chi connectivity index (χ0n) is 12.6. The molecule has 22 heavy (non-hydrogen) atoms. The van der Waals surface area contributed by atoms with Crippen LogP contribution in [0.1, 0.15) is 37.7 Å².